The quantitative estimate of drug-likeness (QED) is 0.518. The Labute approximate surface area is 173 Å². The molecule has 2 aliphatic rings. The molecule has 4 aromatic rings. The van der Waals surface area contributed by atoms with Crippen LogP contribution < -0.4 is 4.90 Å². The third kappa shape index (κ3) is 2.49. The highest BCUT2D eigenvalue weighted by Gasteiger charge is 2.38. The molecule has 1 atom stereocenters. The van der Waals surface area contributed by atoms with E-state index in [0.29, 0.717) is 17.9 Å². The standard InChI is InChI=1S/C20H22N10/c1-2-15-18-26-23-13-28(18)16-12-22-19(25-17(16)30(15)14-6-3-4-7-14)27-11-9-21-20(27)29-10-5-8-24-29/h5,8-15H,2-4,6-7H2,1H3/t15-/m1/s1. The minimum absolute atomic E-state index is 0.152. The largest absolute Gasteiger partial charge is 0.341 e. The van der Waals surface area contributed by atoms with Crippen molar-refractivity contribution in [3.63, 3.8) is 0 Å². The lowest BCUT2D eigenvalue weighted by molar-refractivity contribution is 0.468. The van der Waals surface area contributed by atoms with E-state index in [1.807, 2.05) is 33.8 Å². The molecule has 4 aromatic heterocycles. The van der Waals surface area contributed by atoms with Crippen molar-refractivity contribution in [1.82, 2.24) is 44.1 Å². The number of hydrogen-bond acceptors (Lipinski definition) is 7. The van der Waals surface area contributed by atoms with E-state index in [0.717, 1.165) is 23.8 Å². The Morgan fingerprint density at radius 3 is 2.77 bits per heavy atom. The Bertz CT molecular complexity index is 1170. The van der Waals surface area contributed by atoms with Gasteiger partial charge in [-0.1, -0.05) is 19.8 Å². The third-order valence-corrected chi connectivity index (χ3v) is 6.10. The molecule has 1 saturated carbocycles. The summed E-state index contributed by atoms with van der Waals surface area (Å²) in [5, 5.41) is 12.9. The molecule has 0 amide bonds. The predicted octanol–water partition coefficient (Wildman–Crippen LogP) is 2.64. The van der Waals surface area contributed by atoms with Gasteiger partial charge in [0.05, 0.1) is 12.2 Å². The molecular weight excluding hydrogens is 380 g/mol. The highest BCUT2D eigenvalue weighted by Crippen LogP contribution is 2.42. The summed E-state index contributed by atoms with van der Waals surface area (Å²) < 4.78 is 5.61. The van der Waals surface area contributed by atoms with E-state index in [1.165, 1.54) is 25.7 Å². The van der Waals surface area contributed by atoms with Gasteiger partial charge >= 0.3 is 0 Å². The highest BCUT2D eigenvalue weighted by atomic mass is 15.4. The minimum Gasteiger partial charge on any atom is -0.341 e. The van der Waals surface area contributed by atoms with Crippen molar-refractivity contribution in [3.8, 4) is 17.6 Å². The summed E-state index contributed by atoms with van der Waals surface area (Å²) in [5.74, 6) is 3.13. The van der Waals surface area contributed by atoms with Gasteiger partial charge in [0.25, 0.3) is 0 Å². The number of nitrogens with zero attached hydrogens (tertiary/aromatic N) is 10. The number of aromatic nitrogens is 9. The van der Waals surface area contributed by atoms with Gasteiger partial charge in [-0.2, -0.15) is 10.1 Å². The average Bonchev–Trinajstić information content (AvgIpc) is 3.57. The molecular formula is C20H22N10. The number of fused-ring (bicyclic) bond motifs is 3. The maximum absolute atomic E-state index is 5.05. The van der Waals surface area contributed by atoms with Gasteiger partial charge in [-0.05, 0) is 25.3 Å². The molecule has 0 radical (unpaired) electrons. The van der Waals surface area contributed by atoms with Gasteiger partial charge in [0.1, 0.15) is 12.0 Å². The van der Waals surface area contributed by atoms with Crippen molar-refractivity contribution in [3.05, 3.63) is 49.2 Å². The molecule has 0 saturated heterocycles. The van der Waals surface area contributed by atoms with Gasteiger partial charge in [0.2, 0.25) is 11.9 Å². The summed E-state index contributed by atoms with van der Waals surface area (Å²) >= 11 is 0. The van der Waals surface area contributed by atoms with Crippen molar-refractivity contribution < 1.29 is 0 Å². The van der Waals surface area contributed by atoms with Crippen LogP contribution in [0.4, 0.5) is 5.82 Å². The van der Waals surface area contributed by atoms with Gasteiger partial charge in [0, 0.05) is 30.8 Å². The second-order valence-electron chi connectivity index (χ2n) is 7.76. The predicted molar refractivity (Wildman–Crippen MR) is 109 cm³/mol. The van der Waals surface area contributed by atoms with Crippen LogP contribution in [-0.4, -0.2) is 50.1 Å². The summed E-state index contributed by atoms with van der Waals surface area (Å²) in [6.45, 7) is 2.20. The minimum atomic E-state index is 0.152. The molecule has 10 heteroatoms. The molecule has 5 heterocycles. The van der Waals surface area contributed by atoms with Crippen LogP contribution in [0.2, 0.25) is 0 Å². The molecule has 10 nitrogen and oxygen atoms in total. The second-order valence-corrected chi connectivity index (χ2v) is 7.76. The second kappa shape index (κ2) is 6.75. The maximum atomic E-state index is 5.05. The smallest absolute Gasteiger partial charge is 0.238 e. The first-order valence-corrected chi connectivity index (χ1v) is 10.4. The molecule has 0 aromatic carbocycles. The molecule has 0 bridgehead atoms. The van der Waals surface area contributed by atoms with Gasteiger partial charge in [-0.15, -0.1) is 10.2 Å². The first kappa shape index (κ1) is 17.3. The van der Waals surface area contributed by atoms with Crippen molar-refractivity contribution in [1.29, 1.82) is 0 Å². The first-order chi connectivity index (χ1) is 14.8. The number of hydrogen-bond donors (Lipinski definition) is 0. The van der Waals surface area contributed by atoms with E-state index in [-0.39, 0.29) is 6.04 Å². The van der Waals surface area contributed by atoms with Crippen LogP contribution in [0.15, 0.2) is 43.4 Å². The van der Waals surface area contributed by atoms with Crippen LogP contribution in [0, 0.1) is 0 Å². The Hall–Kier alpha value is -3.56. The summed E-state index contributed by atoms with van der Waals surface area (Å²) in [4.78, 5) is 16.6. The van der Waals surface area contributed by atoms with Crippen molar-refractivity contribution in [2.75, 3.05) is 4.90 Å². The maximum Gasteiger partial charge on any atom is 0.238 e. The van der Waals surface area contributed by atoms with E-state index in [2.05, 4.69) is 37.1 Å². The normalized spacial score (nSPS) is 18.6. The zero-order valence-corrected chi connectivity index (χ0v) is 16.7. The summed E-state index contributed by atoms with van der Waals surface area (Å²) in [6, 6.07) is 2.48. The molecule has 6 rings (SSSR count). The van der Waals surface area contributed by atoms with E-state index >= 15 is 0 Å². The lowest BCUT2D eigenvalue weighted by Crippen LogP contribution is -2.42. The molecule has 1 aliphatic carbocycles. The fourth-order valence-corrected chi connectivity index (χ4v) is 4.76. The van der Waals surface area contributed by atoms with Crippen molar-refractivity contribution in [2.24, 2.45) is 0 Å². The van der Waals surface area contributed by atoms with Gasteiger partial charge in [-0.25, -0.2) is 14.6 Å². The lowest BCUT2D eigenvalue weighted by Gasteiger charge is -2.40. The van der Waals surface area contributed by atoms with Crippen LogP contribution >= 0.6 is 0 Å². The third-order valence-electron chi connectivity index (χ3n) is 6.10. The fourth-order valence-electron chi connectivity index (χ4n) is 4.76. The van der Waals surface area contributed by atoms with E-state index in [1.54, 1.807) is 23.4 Å². The van der Waals surface area contributed by atoms with Crippen LogP contribution in [0.1, 0.15) is 50.9 Å². The van der Waals surface area contributed by atoms with E-state index in [4.69, 9.17) is 4.98 Å². The van der Waals surface area contributed by atoms with Crippen LogP contribution in [0.5, 0.6) is 0 Å². The molecule has 152 valence electrons. The van der Waals surface area contributed by atoms with E-state index in [9.17, 15) is 0 Å². The van der Waals surface area contributed by atoms with Gasteiger partial charge in [-0.3, -0.25) is 9.13 Å². The molecule has 1 fully saturated rings. The summed E-state index contributed by atoms with van der Waals surface area (Å²) in [5.41, 5.74) is 0.927. The molecule has 1 aliphatic heterocycles. The van der Waals surface area contributed by atoms with Crippen molar-refractivity contribution in [2.45, 2.75) is 51.1 Å². The van der Waals surface area contributed by atoms with Crippen LogP contribution in [0.25, 0.3) is 17.6 Å². The first-order valence-electron chi connectivity index (χ1n) is 10.4. The molecule has 30 heavy (non-hydrogen) atoms. The van der Waals surface area contributed by atoms with Crippen LogP contribution in [0.3, 0.4) is 0 Å². The SMILES string of the molecule is CC[C@@H]1c2nncn2-c2cnc(-n3ccnc3-n3cccn3)nc2N1C1CCCC1. The Morgan fingerprint density at radius 1 is 1.07 bits per heavy atom. The Morgan fingerprint density at radius 2 is 1.97 bits per heavy atom. The summed E-state index contributed by atoms with van der Waals surface area (Å²) in [7, 11) is 0. The van der Waals surface area contributed by atoms with Crippen molar-refractivity contribution >= 4 is 5.82 Å². The zero-order valence-electron chi connectivity index (χ0n) is 16.7. The van der Waals surface area contributed by atoms with E-state index < -0.39 is 0 Å². The number of imidazole rings is 1. The molecule has 0 spiro atoms. The molecule has 0 N–H and O–H groups in total. The number of anilines is 1. The average molecular weight is 402 g/mol. The fraction of sp³-hybridized carbons (Fsp3) is 0.400. The van der Waals surface area contributed by atoms with Crippen LogP contribution in [-0.2, 0) is 0 Å². The Kier molecular flexibility index (Phi) is 3.90. The summed E-state index contributed by atoms with van der Waals surface area (Å²) in [6.07, 6.45) is 16.6. The number of rotatable bonds is 4. The lowest BCUT2D eigenvalue weighted by atomic mass is 10.0. The Balaban J connectivity index is 1.52. The van der Waals surface area contributed by atoms with Gasteiger partial charge in [0.15, 0.2) is 11.6 Å². The topological polar surface area (TPSA) is 95.4 Å². The molecule has 0 unspecified atom stereocenters. The monoisotopic (exact) mass is 402 g/mol. The highest BCUT2D eigenvalue weighted by molar-refractivity contribution is 5.62. The van der Waals surface area contributed by atoms with Gasteiger partial charge < -0.3 is 4.90 Å². The zero-order chi connectivity index (χ0) is 20.1.